The molecule has 0 spiro atoms. The summed E-state index contributed by atoms with van der Waals surface area (Å²) in [6.45, 7) is 2.91. The molecule has 338 valence electrons. The predicted octanol–water partition coefficient (Wildman–Crippen LogP) is 3.03. The number of hydrogen-bond acceptors (Lipinski definition) is 12. The standard InChI is InChI=1S/C22H24Cl2N4O3.C21H22Cl2N4O3.Li.2H2O/c1-31-22(30)17-7-6-16(17)21(29)27-8-9-28(20-18(25)10-15(24)11-26-20)19(12-27)13-2-4-14(23)5-3-13;22-13-3-1-12(2-4-13)18-11-26(20(28)15-5-6-16(15)21(29)30)7-8-27(18)19-17(24)9-14(23)10-25-19;;;/h2-5,10-11,16-17,19H,6-9,12,25H2,1H3;1-4,9-10,15-16,18H,5-8,11,24H2,(H,29,30);;2*1H2/q;;+1;;/p-1/t16?,17-,19?;15?,16-,18?;;;/m00.../s1. The first-order chi connectivity index (χ1) is 29.2. The third-order valence-corrected chi connectivity index (χ3v) is 13.1. The van der Waals surface area contributed by atoms with Gasteiger partial charge in [-0.05, 0) is 73.2 Å². The number of aromatic nitrogens is 2. The molecule has 2 aliphatic heterocycles. The molecule has 4 aromatic rings. The van der Waals surface area contributed by atoms with Crippen LogP contribution in [-0.2, 0) is 23.9 Å². The largest absolute Gasteiger partial charge is 1.00 e. The van der Waals surface area contributed by atoms with Gasteiger partial charge in [-0.2, -0.15) is 0 Å². The molecule has 4 heterocycles. The van der Waals surface area contributed by atoms with Gasteiger partial charge in [0, 0.05) is 61.7 Å². The summed E-state index contributed by atoms with van der Waals surface area (Å²) in [5.74, 6) is -1.76. The fraction of sp³-hybridized carbons (Fsp3) is 0.395. The Morgan fingerprint density at radius 1 is 0.625 bits per heavy atom. The van der Waals surface area contributed by atoms with Crippen LogP contribution in [0, 0.1) is 23.7 Å². The number of piperazine rings is 2. The maximum atomic E-state index is 13.2. The SMILES string of the molecule is COC(=O)[C@H]1CCC1C(=O)N1CCN(c2ncc(Cl)cc2N)C(c2ccc(Cl)cc2)C1.Nc1cc(Cl)cnc1N1CCN(C(=O)C2CC[C@@H]2C(=O)O)CC1c1ccc(Cl)cc1.O.[Li+].[OH-]. The van der Waals surface area contributed by atoms with Crippen LogP contribution in [0.2, 0.25) is 20.1 Å². The molecule has 6 atom stereocenters. The Balaban J connectivity index is 0.000000268. The zero-order valence-corrected chi connectivity index (χ0v) is 38.3. The molecule has 0 bridgehead atoms. The van der Waals surface area contributed by atoms with Gasteiger partial charge in [0.1, 0.15) is 0 Å². The third kappa shape index (κ3) is 11.3. The number of halogens is 4. The Kier molecular flexibility index (Phi) is 18.4. The number of anilines is 4. The van der Waals surface area contributed by atoms with Gasteiger partial charge < -0.3 is 51.9 Å². The molecule has 2 aromatic carbocycles. The van der Waals surface area contributed by atoms with Crippen LogP contribution >= 0.6 is 46.4 Å². The first-order valence-electron chi connectivity index (χ1n) is 20.0. The fourth-order valence-electron chi connectivity index (χ4n) is 8.58. The molecule has 16 nitrogen and oxygen atoms in total. The van der Waals surface area contributed by atoms with E-state index in [-0.39, 0.29) is 71.5 Å². The maximum Gasteiger partial charge on any atom is 1.00 e. The van der Waals surface area contributed by atoms with Crippen molar-refractivity contribution in [2.75, 3.05) is 67.6 Å². The number of benzene rings is 2. The van der Waals surface area contributed by atoms with E-state index >= 15 is 0 Å². The maximum absolute atomic E-state index is 13.2. The van der Waals surface area contributed by atoms with Crippen LogP contribution in [0.25, 0.3) is 0 Å². The molecule has 2 aromatic heterocycles. The fourth-order valence-corrected chi connectivity index (χ4v) is 9.16. The van der Waals surface area contributed by atoms with Gasteiger partial charge in [0.05, 0.1) is 64.3 Å². The number of aliphatic carboxylic acids is 1. The van der Waals surface area contributed by atoms with Crippen molar-refractivity contribution in [3.8, 4) is 0 Å². The van der Waals surface area contributed by atoms with E-state index in [0.717, 1.165) is 11.1 Å². The minimum atomic E-state index is -0.898. The van der Waals surface area contributed by atoms with Crippen molar-refractivity contribution in [2.24, 2.45) is 23.7 Å². The molecule has 2 amide bonds. The van der Waals surface area contributed by atoms with Crippen LogP contribution in [-0.4, -0.2) is 106 Å². The number of amides is 2. The van der Waals surface area contributed by atoms with E-state index < -0.39 is 17.8 Å². The molecule has 4 fully saturated rings. The van der Waals surface area contributed by atoms with Crippen LogP contribution < -0.4 is 40.1 Å². The van der Waals surface area contributed by atoms with Gasteiger partial charge >= 0.3 is 30.8 Å². The number of carbonyl (C=O) groups is 4. The third-order valence-electron chi connectivity index (χ3n) is 12.2. The van der Waals surface area contributed by atoms with Crippen molar-refractivity contribution in [2.45, 2.75) is 37.8 Å². The molecule has 2 saturated carbocycles. The smallest absolute Gasteiger partial charge is 0.870 e. The summed E-state index contributed by atoms with van der Waals surface area (Å²) in [5, 5.41) is 11.5. The van der Waals surface area contributed by atoms with Crippen molar-refractivity contribution >= 4 is 93.2 Å². The summed E-state index contributed by atoms with van der Waals surface area (Å²) in [6, 6.07) is 18.0. The number of methoxy groups -OCH3 is 1. The van der Waals surface area contributed by atoms with Gasteiger partial charge in [0.25, 0.3) is 0 Å². The van der Waals surface area contributed by atoms with Gasteiger partial charge in [0.15, 0.2) is 11.6 Å². The number of nitrogens with zero attached hydrogens (tertiary/aromatic N) is 6. The first kappa shape index (κ1) is 52.1. The summed E-state index contributed by atoms with van der Waals surface area (Å²) < 4.78 is 4.86. The molecule has 64 heavy (non-hydrogen) atoms. The normalized spacial score (nSPS) is 22.4. The van der Waals surface area contributed by atoms with Gasteiger partial charge in [-0.1, -0.05) is 70.7 Å². The number of nitrogen functional groups attached to an aromatic ring is 2. The Bertz CT molecular complexity index is 2280. The monoisotopic (exact) mass is 952 g/mol. The molecule has 8 N–H and O–H groups in total. The van der Waals surface area contributed by atoms with Gasteiger partial charge in [0.2, 0.25) is 11.8 Å². The quantitative estimate of drug-likeness (QED) is 0.170. The average Bonchev–Trinajstić information content (AvgIpc) is 3.20. The van der Waals surface area contributed by atoms with E-state index in [1.807, 2.05) is 41.3 Å². The Hall–Kier alpha value is -4.50. The molecule has 8 rings (SSSR count). The summed E-state index contributed by atoms with van der Waals surface area (Å²) in [5.41, 5.74) is 15.3. The second-order valence-electron chi connectivity index (χ2n) is 15.7. The van der Waals surface area contributed by atoms with E-state index in [9.17, 15) is 24.3 Å². The van der Waals surface area contributed by atoms with E-state index in [1.54, 1.807) is 41.6 Å². The topological polar surface area (TPSA) is 250 Å². The second kappa shape index (κ2) is 22.6. The molecule has 2 saturated heterocycles. The van der Waals surface area contributed by atoms with Gasteiger partial charge in [-0.15, -0.1) is 0 Å². The number of pyridine rings is 2. The molecule has 0 radical (unpaired) electrons. The average molecular weight is 955 g/mol. The summed E-state index contributed by atoms with van der Waals surface area (Å²) in [6.07, 6.45) is 5.68. The van der Waals surface area contributed by atoms with Crippen LogP contribution in [0.1, 0.15) is 48.9 Å². The van der Waals surface area contributed by atoms with E-state index in [4.69, 9.17) is 62.6 Å². The van der Waals surface area contributed by atoms with Gasteiger partial charge in [-0.3, -0.25) is 19.2 Å². The number of ether oxygens (including phenoxy) is 1. The second-order valence-corrected chi connectivity index (χ2v) is 17.4. The van der Waals surface area contributed by atoms with Crippen LogP contribution in [0.4, 0.5) is 23.0 Å². The Morgan fingerprint density at radius 3 is 1.33 bits per heavy atom. The van der Waals surface area contributed by atoms with Crippen LogP contribution in [0.3, 0.4) is 0 Å². The summed E-state index contributed by atoms with van der Waals surface area (Å²) >= 11 is 24.2. The molecule has 4 aliphatic rings. The predicted molar refractivity (Wildman–Crippen MR) is 241 cm³/mol. The molecule has 2 aliphatic carbocycles. The molecule has 21 heteroatoms. The van der Waals surface area contributed by atoms with Crippen molar-refractivity contribution in [1.29, 1.82) is 0 Å². The number of rotatable bonds is 8. The van der Waals surface area contributed by atoms with Crippen molar-refractivity contribution in [1.82, 2.24) is 19.8 Å². The summed E-state index contributed by atoms with van der Waals surface area (Å²) in [7, 11) is 1.36. The minimum Gasteiger partial charge on any atom is -0.870 e. The van der Waals surface area contributed by atoms with E-state index in [2.05, 4.69) is 19.8 Å². The number of nitrogens with two attached hydrogens (primary N) is 2. The Morgan fingerprint density at radius 2 is 1.00 bits per heavy atom. The number of esters is 1. The number of carboxylic acid groups (broad SMARTS) is 1. The van der Waals surface area contributed by atoms with Crippen molar-refractivity contribution < 1.29 is 58.8 Å². The van der Waals surface area contributed by atoms with Crippen LogP contribution in [0.15, 0.2) is 73.1 Å². The number of carbonyl (C=O) groups excluding carboxylic acids is 3. The minimum absolute atomic E-state index is 0. The molecular weight excluding hydrogens is 905 g/mol. The van der Waals surface area contributed by atoms with Crippen molar-refractivity contribution in [3.63, 3.8) is 0 Å². The van der Waals surface area contributed by atoms with E-state index in [0.29, 0.717) is 108 Å². The summed E-state index contributed by atoms with van der Waals surface area (Å²) in [4.78, 5) is 66.2. The first-order valence-corrected chi connectivity index (χ1v) is 21.5. The van der Waals surface area contributed by atoms with Crippen molar-refractivity contribution in [3.05, 3.63) is 104 Å². The molecule has 4 unspecified atom stereocenters. The zero-order chi connectivity index (χ0) is 43.5. The van der Waals surface area contributed by atoms with E-state index in [1.165, 1.54) is 7.11 Å². The number of carboxylic acids is 1. The van der Waals surface area contributed by atoms with Crippen LogP contribution in [0.5, 0.6) is 0 Å². The van der Waals surface area contributed by atoms with Gasteiger partial charge in [-0.25, -0.2) is 9.97 Å². The molecular formula is C43H49Cl4LiN8O8. The zero-order valence-electron chi connectivity index (χ0n) is 35.2. The number of hydrogen-bond donors (Lipinski definition) is 3. The Labute approximate surface area is 402 Å².